The van der Waals surface area contributed by atoms with E-state index >= 15 is 0 Å². The van der Waals surface area contributed by atoms with Crippen molar-refractivity contribution in [1.29, 1.82) is 0 Å². The Hall–Kier alpha value is -3.22. The van der Waals surface area contributed by atoms with Crippen molar-refractivity contribution >= 4 is 11.6 Å². The van der Waals surface area contributed by atoms with Gasteiger partial charge in [-0.25, -0.2) is 0 Å². The van der Waals surface area contributed by atoms with Crippen molar-refractivity contribution in [2.75, 3.05) is 26.4 Å². The maximum Gasteiger partial charge on any atom is 0.166 e. The topological polar surface area (TPSA) is 93.1 Å². The first-order valence-corrected chi connectivity index (χ1v) is 11.6. The quantitative estimate of drug-likeness (QED) is 0.392. The maximum absolute atomic E-state index is 12.0. The lowest BCUT2D eigenvalue weighted by molar-refractivity contribution is -0.122. The molecule has 0 fully saturated rings. The van der Waals surface area contributed by atoms with Crippen molar-refractivity contribution in [1.82, 2.24) is 0 Å². The maximum atomic E-state index is 12.0. The number of hydrogen-bond donors (Lipinski definition) is 2. The van der Waals surface area contributed by atoms with E-state index in [0.29, 0.717) is 22.6 Å². The second-order valence-electron chi connectivity index (χ2n) is 9.34. The SMILES string of the molecule is C=C(C)C(=O)C(CO)COc1ccc(C(C)(C)c2ccc(OCC(CO)C(=O)C(=C)C)cc2)cc1. The Morgan fingerprint density at radius 1 is 0.743 bits per heavy atom. The number of aliphatic hydroxyl groups excluding tert-OH is 2. The fourth-order valence-electron chi connectivity index (χ4n) is 3.62. The minimum atomic E-state index is -0.629. The lowest BCUT2D eigenvalue weighted by Gasteiger charge is -2.26. The molecule has 0 amide bonds. The Bertz CT molecular complexity index is 950. The number of aliphatic hydroxyl groups is 2. The van der Waals surface area contributed by atoms with Crippen LogP contribution in [0.3, 0.4) is 0 Å². The standard InChI is InChI=1S/C29H36O6/c1-19(2)27(32)21(15-30)17-34-25-11-7-23(8-12-25)29(5,6)24-9-13-26(14-10-24)35-18-22(16-31)28(33)20(3)4/h7-14,21-22,30-31H,1,3,15-18H2,2,4-6H3. The van der Waals surface area contributed by atoms with Gasteiger partial charge in [0.2, 0.25) is 0 Å². The summed E-state index contributed by atoms with van der Waals surface area (Å²) in [5.41, 5.74) is 2.64. The fraction of sp³-hybridized carbons (Fsp3) is 0.379. The van der Waals surface area contributed by atoms with E-state index in [1.54, 1.807) is 13.8 Å². The van der Waals surface area contributed by atoms with E-state index in [-0.39, 0.29) is 43.4 Å². The van der Waals surface area contributed by atoms with Crippen molar-refractivity contribution in [3.63, 3.8) is 0 Å². The van der Waals surface area contributed by atoms with Crippen molar-refractivity contribution in [3.05, 3.63) is 84.0 Å². The third-order valence-electron chi connectivity index (χ3n) is 6.08. The number of rotatable bonds is 14. The third kappa shape index (κ3) is 7.38. The van der Waals surface area contributed by atoms with Gasteiger partial charge in [-0.2, -0.15) is 0 Å². The first-order chi connectivity index (χ1) is 16.5. The molecule has 188 valence electrons. The lowest BCUT2D eigenvalue weighted by atomic mass is 9.78. The average Bonchev–Trinajstić information content (AvgIpc) is 2.84. The third-order valence-corrected chi connectivity index (χ3v) is 6.08. The predicted octanol–water partition coefficient (Wildman–Crippen LogP) is 4.28. The minimum absolute atomic E-state index is 0.0848. The van der Waals surface area contributed by atoms with Gasteiger partial charge in [0.05, 0.1) is 25.0 Å². The Balaban J connectivity index is 2.04. The van der Waals surface area contributed by atoms with Gasteiger partial charge in [-0.3, -0.25) is 9.59 Å². The van der Waals surface area contributed by atoms with E-state index < -0.39 is 11.8 Å². The predicted molar refractivity (Wildman–Crippen MR) is 137 cm³/mol. The number of Topliss-reactive ketones (excluding diaryl/α,β-unsaturated/α-hetero) is 2. The minimum Gasteiger partial charge on any atom is -0.493 e. The van der Waals surface area contributed by atoms with E-state index in [1.807, 2.05) is 48.5 Å². The van der Waals surface area contributed by atoms with Gasteiger partial charge in [0, 0.05) is 5.41 Å². The smallest absolute Gasteiger partial charge is 0.166 e. The van der Waals surface area contributed by atoms with E-state index in [2.05, 4.69) is 27.0 Å². The fourth-order valence-corrected chi connectivity index (χ4v) is 3.62. The molecule has 0 spiro atoms. The summed E-state index contributed by atoms with van der Waals surface area (Å²) in [5.74, 6) is -0.432. The molecule has 0 aromatic heterocycles. The van der Waals surface area contributed by atoms with Gasteiger partial charge in [-0.05, 0) is 60.4 Å². The monoisotopic (exact) mass is 480 g/mol. The molecule has 2 N–H and O–H groups in total. The first kappa shape index (κ1) is 28.0. The molecule has 0 bridgehead atoms. The van der Waals surface area contributed by atoms with E-state index in [9.17, 15) is 19.8 Å². The molecule has 2 aromatic rings. The second kappa shape index (κ2) is 12.5. The molecule has 0 aliphatic rings. The van der Waals surface area contributed by atoms with Crippen LogP contribution in [0.5, 0.6) is 11.5 Å². The number of carbonyl (C=O) groups is 2. The molecule has 0 saturated heterocycles. The van der Waals surface area contributed by atoms with Crippen LogP contribution in [0.4, 0.5) is 0 Å². The zero-order chi connectivity index (χ0) is 26.2. The van der Waals surface area contributed by atoms with Gasteiger partial charge in [-0.15, -0.1) is 0 Å². The Kier molecular flexibility index (Phi) is 9.99. The summed E-state index contributed by atoms with van der Waals surface area (Å²) in [6.07, 6.45) is 0. The van der Waals surface area contributed by atoms with Crippen LogP contribution in [0.1, 0.15) is 38.8 Å². The van der Waals surface area contributed by atoms with Gasteiger partial charge < -0.3 is 19.7 Å². The number of ketones is 2. The molecule has 0 radical (unpaired) electrons. The van der Waals surface area contributed by atoms with Gasteiger partial charge in [0.25, 0.3) is 0 Å². The lowest BCUT2D eigenvalue weighted by Crippen LogP contribution is -2.26. The summed E-state index contributed by atoms with van der Waals surface area (Å²) in [6, 6.07) is 15.3. The van der Waals surface area contributed by atoms with Crippen molar-refractivity contribution in [3.8, 4) is 11.5 Å². The number of benzene rings is 2. The summed E-state index contributed by atoms with van der Waals surface area (Å²) in [7, 11) is 0. The summed E-state index contributed by atoms with van der Waals surface area (Å²) in [4.78, 5) is 24.1. The molecule has 6 heteroatoms. The Morgan fingerprint density at radius 2 is 1.06 bits per heavy atom. The van der Waals surface area contributed by atoms with Crippen LogP contribution in [-0.2, 0) is 15.0 Å². The Morgan fingerprint density at radius 3 is 1.31 bits per heavy atom. The molecule has 2 rings (SSSR count). The highest BCUT2D eigenvalue weighted by Gasteiger charge is 2.24. The molecule has 0 aliphatic carbocycles. The highest BCUT2D eigenvalue weighted by molar-refractivity contribution is 5.96. The van der Waals surface area contributed by atoms with Crippen LogP contribution in [-0.4, -0.2) is 48.2 Å². The highest BCUT2D eigenvalue weighted by Crippen LogP contribution is 2.33. The van der Waals surface area contributed by atoms with Gasteiger partial charge in [0.15, 0.2) is 11.6 Å². The summed E-state index contributed by atoms with van der Waals surface area (Å²) in [5, 5.41) is 18.9. The molecule has 35 heavy (non-hydrogen) atoms. The highest BCUT2D eigenvalue weighted by atomic mass is 16.5. The normalized spacial score (nSPS) is 13.0. The molecule has 0 saturated carbocycles. The van der Waals surface area contributed by atoms with Crippen molar-refractivity contribution < 1.29 is 29.3 Å². The molecule has 0 aliphatic heterocycles. The van der Waals surface area contributed by atoms with Gasteiger partial charge in [0.1, 0.15) is 24.7 Å². The van der Waals surface area contributed by atoms with Crippen LogP contribution >= 0.6 is 0 Å². The molecule has 6 nitrogen and oxygen atoms in total. The van der Waals surface area contributed by atoms with Crippen LogP contribution < -0.4 is 9.47 Å². The number of carbonyl (C=O) groups excluding carboxylic acids is 2. The van der Waals surface area contributed by atoms with E-state index in [4.69, 9.17) is 9.47 Å². The zero-order valence-electron chi connectivity index (χ0n) is 21.0. The first-order valence-electron chi connectivity index (χ1n) is 11.6. The second-order valence-corrected chi connectivity index (χ2v) is 9.34. The zero-order valence-corrected chi connectivity index (χ0v) is 21.0. The average molecular weight is 481 g/mol. The van der Waals surface area contributed by atoms with Crippen LogP contribution in [0.15, 0.2) is 72.8 Å². The van der Waals surface area contributed by atoms with E-state index in [0.717, 1.165) is 11.1 Å². The van der Waals surface area contributed by atoms with Gasteiger partial charge in [-0.1, -0.05) is 51.3 Å². The van der Waals surface area contributed by atoms with E-state index in [1.165, 1.54) is 0 Å². The number of hydrogen-bond acceptors (Lipinski definition) is 6. The number of ether oxygens (including phenoxy) is 2. The molecule has 0 heterocycles. The van der Waals surface area contributed by atoms with Crippen molar-refractivity contribution in [2.45, 2.75) is 33.1 Å². The molecule has 2 atom stereocenters. The largest absolute Gasteiger partial charge is 0.493 e. The molecule has 2 unspecified atom stereocenters. The Labute approximate surface area is 207 Å². The molecular weight excluding hydrogens is 444 g/mol. The van der Waals surface area contributed by atoms with Crippen molar-refractivity contribution in [2.24, 2.45) is 11.8 Å². The van der Waals surface area contributed by atoms with Gasteiger partial charge >= 0.3 is 0 Å². The summed E-state index contributed by atoms with van der Waals surface area (Å²) in [6.45, 7) is 14.3. The summed E-state index contributed by atoms with van der Waals surface area (Å²) >= 11 is 0. The summed E-state index contributed by atoms with van der Waals surface area (Å²) < 4.78 is 11.4. The van der Waals surface area contributed by atoms with Crippen LogP contribution in [0.2, 0.25) is 0 Å². The molecule has 2 aromatic carbocycles. The van der Waals surface area contributed by atoms with Crippen LogP contribution in [0.25, 0.3) is 0 Å². The molecular formula is C29H36O6. The number of allylic oxidation sites excluding steroid dienone is 2. The van der Waals surface area contributed by atoms with Crippen LogP contribution in [0, 0.1) is 11.8 Å².